The molecular weight excluding hydrogens is 266 g/mol. The molecule has 1 aromatic carbocycles. The van der Waals surface area contributed by atoms with Gasteiger partial charge in [0.25, 0.3) is 0 Å². The largest absolute Gasteiger partial charge is 0.489 e. The summed E-state index contributed by atoms with van der Waals surface area (Å²) >= 11 is 0. The number of aromatic nitrogens is 1. The predicted molar refractivity (Wildman–Crippen MR) is 82.3 cm³/mol. The minimum atomic E-state index is -0.442. The number of carbonyl (C=O) groups excluding carboxylic acids is 1. The van der Waals surface area contributed by atoms with E-state index >= 15 is 0 Å². The molecule has 1 amide bonds. The van der Waals surface area contributed by atoms with Crippen LogP contribution in [0, 0.1) is 0 Å². The zero-order chi connectivity index (χ0) is 15.1. The molecule has 21 heavy (non-hydrogen) atoms. The van der Waals surface area contributed by atoms with Crippen molar-refractivity contribution in [1.29, 1.82) is 0 Å². The molecule has 1 heterocycles. The predicted octanol–water partition coefficient (Wildman–Crippen LogP) is 2.58. The van der Waals surface area contributed by atoms with Crippen molar-refractivity contribution in [2.24, 2.45) is 5.73 Å². The monoisotopic (exact) mass is 285 g/mol. The summed E-state index contributed by atoms with van der Waals surface area (Å²) in [5, 5.41) is 3.23. The van der Waals surface area contributed by atoms with E-state index in [1.165, 1.54) is 0 Å². The molecule has 1 aromatic heterocycles. The van der Waals surface area contributed by atoms with E-state index in [9.17, 15) is 4.79 Å². The zero-order valence-corrected chi connectivity index (χ0v) is 12.0. The average molecular weight is 285 g/mol. The Bertz CT molecular complexity index is 597. The van der Waals surface area contributed by atoms with Crippen LogP contribution in [0.1, 0.15) is 29.3 Å². The first kappa shape index (κ1) is 14.8. The number of amides is 1. The fraction of sp³-hybridized carbons (Fsp3) is 0.250. The van der Waals surface area contributed by atoms with E-state index in [4.69, 9.17) is 10.5 Å². The van der Waals surface area contributed by atoms with Crippen molar-refractivity contribution in [2.75, 3.05) is 11.9 Å². The Morgan fingerprint density at radius 1 is 1.29 bits per heavy atom. The quantitative estimate of drug-likeness (QED) is 0.819. The van der Waals surface area contributed by atoms with E-state index in [0.717, 1.165) is 24.3 Å². The van der Waals surface area contributed by atoms with Crippen LogP contribution in [0.5, 0.6) is 5.75 Å². The second kappa shape index (κ2) is 7.28. The second-order valence-corrected chi connectivity index (χ2v) is 4.65. The minimum Gasteiger partial charge on any atom is -0.489 e. The molecule has 2 rings (SSSR count). The van der Waals surface area contributed by atoms with Gasteiger partial charge >= 0.3 is 0 Å². The number of nitrogens with two attached hydrogens (primary N) is 1. The van der Waals surface area contributed by atoms with Gasteiger partial charge in [-0.05, 0) is 48.4 Å². The summed E-state index contributed by atoms with van der Waals surface area (Å²) in [7, 11) is 0. The Morgan fingerprint density at radius 3 is 2.71 bits per heavy atom. The molecule has 110 valence electrons. The second-order valence-electron chi connectivity index (χ2n) is 4.65. The molecule has 2 aromatic rings. The van der Waals surface area contributed by atoms with Crippen LogP contribution < -0.4 is 15.8 Å². The zero-order valence-electron chi connectivity index (χ0n) is 12.0. The van der Waals surface area contributed by atoms with Crippen molar-refractivity contribution in [2.45, 2.75) is 20.0 Å². The summed E-state index contributed by atoms with van der Waals surface area (Å²) in [6, 6.07) is 10.6. The Hall–Kier alpha value is -2.56. The fourth-order valence-electron chi connectivity index (χ4n) is 1.80. The molecule has 0 unspecified atom stereocenters. The van der Waals surface area contributed by atoms with Crippen molar-refractivity contribution in [3.05, 3.63) is 53.7 Å². The maximum Gasteiger partial charge on any atom is 0.248 e. The van der Waals surface area contributed by atoms with E-state index in [1.807, 2.05) is 12.1 Å². The molecule has 0 aliphatic heterocycles. The van der Waals surface area contributed by atoms with Crippen molar-refractivity contribution in [1.82, 2.24) is 4.98 Å². The summed E-state index contributed by atoms with van der Waals surface area (Å²) in [6.07, 6.45) is 2.81. The first-order chi connectivity index (χ1) is 10.2. The highest BCUT2D eigenvalue weighted by atomic mass is 16.5. The fourth-order valence-corrected chi connectivity index (χ4v) is 1.80. The number of benzene rings is 1. The van der Waals surface area contributed by atoms with Crippen LogP contribution in [-0.4, -0.2) is 17.4 Å². The smallest absolute Gasteiger partial charge is 0.248 e. The summed E-state index contributed by atoms with van der Waals surface area (Å²) in [4.78, 5) is 15.2. The highest BCUT2D eigenvalue weighted by molar-refractivity contribution is 5.92. The van der Waals surface area contributed by atoms with Crippen LogP contribution in [0.15, 0.2) is 42.6 Å². The van der Waals surface area contributed by atoms with Crippen LogP contribution >= 0.6 is 0 Å². The van der Waals surface area contributed by atoms with Gasteiger partial charge in [0, 0.05) is 18.3 Å². The van der Waals surface area contributed by atoms with Gasteiger partial charge in [0.2, 0.25) is 5.91 Å². The first-order valence-electron chi connectivity index (χ1n) is 6.90. The van der Waals surface area contributed by atoms with Crippen molar-refractivity contribution >= 4 is 11.7 Å². The Balaban J connectivity index is 1.94. The molecule has 0 saturated carbocycles. The lowest BCUT2D eigenvalue weighted by Crippen LogP contribution is -2.10. The van der Waals surface area contributed by atoms with Gasteiger partial charge in [-0.25, -0.2) is 4.98 Å². The number of nitrogens with one attached hydrogen (secondary N) is 1. The minimum absolute atomic E-state index is 0.442. The van der Waals surface area contributed by atoms with Crippen molar-refractivity contribution in [3.8, 4) is 5.75 Å². The number of rotatable bonds is 7. The summed E-state index contributed by atoms with van der Waals surface area (Å²) in [5.74, 6) is 1.10. The van der Waals surface area contributed by atoms with Gasteiger partial charge in [0.1, 0.15) is 18.2 Å². The Kier molecular flexibility index (Phi) is 5.15. The third-order valence-corrected chi connectivity index (χ3v) is 2.92. The normalized spacial score (nSPS) is 10.1. The molecule has 0 aliphatic carbocycles. The lowest BCUT2D eigenvalue weighted by atomic mass is 10.2. The number of ether oxygens (including phenoxy) is 1. The van der Waals surface area contributed by atoms with Crippen LogP contribution in [0.2, 0.25) is 0 Å². The molecular formula is C16H19N3O2. The molecule has 0 aliphatic rings. The van der Waals surface area contributed by atoms with Gasteiger partial charge in [-0.15, -0.1) is 0 Å². The molecule has 0 bridgehead atoms. The lowest BCUT2D eigenvalue weighted by Gasteiger charge is -2.08. The number of anilines is 1. The standard InChI is InChI=1S/C16H19N3O2/c1-2-8-18-15-10-12(7-9-19-15)11-21-14-5-3-13(4-6-14)16(17)20/h3-7,9-10H,2,8,11H2,1H3,(H2,17,20)(H,18,19). The number of nitrogens with zero attached hydrogens (tertiary/aromatic N) is 1. The molecule has 0 fully saturated rings. The summed E-state index contributed by atoms with van der Waals surface area (Å²) in [6.45, 7) is 3.45. The SMILES string of the molecule is CCCNc1cc(COc2ccc(C(N)=O)cc2)ccn1. The van der Waals surface area contributed by atoms with Crippen LogP contribution in [0.4, 0.5) is 5.82 Å². The molecule has 5 heteroatoms. The van der Waals surface area contributed by atoms with E-state index in [2.05, 4.69) is 17.2 Å². The van der Waals surface area contributed by atoms with Crippen LogP contribution in [-0.2, 0) is 6.61 Å². The Labute approximate surface area is 124 Å². The molecule has 0 spiro atoms. The van der Waals surface area contributed by atoms with Gasteiger partial charge in [0.15, 0.2) is 0 Å². The summed E-state index contributed by atoms with van der Waals surface area (Å²) < 4.78 is 5.68. The van der Waals surface area contributed by atoms with Gasteiger partial charge < -0.3 is 15.8 Å². The molecule has 0 radical (unpaired) electrons. The number of hydrogen-bond acceptors (Lipinski definition) is 4. The van der Waals surface area contributed by atoms with Gasteiger partial charge in [-0.1, -0.05) is 6.92 Å². The maximum atomic E-state index is 11.0. The van der Waals surface area contributed by atoms with Gasteiger partial charge in [-0.2, -0.15) is 0 Å². The van der Waals surface area contributed by atoms with Crippen molar-refractivity contribution < 1.29 is 9.53 Å². The highest BCUT2D eigenvalue weighted by Gasteiger charge is 2.02. The number of carbonyl (C=O) groups is 1. The van der Waals surface area contributed by atoms with Crippen molar-refractivity contribution in [3.63, 3.8) is 0 Å². The lowest BCUT2D eigenvalue weighted by molar-refractivity contribution is 0.100. The van der Waals surface area contributed by atoms with Crippen LogP contribution in [0.3, 0.4) is 0 Å². The third kappa shape index (κ3) is 4.49. The van der Waals surface area contributed by atoms with Gasteiger partial charge in [0.05, 0.1) is 0 Å². The topological polar surface area (TPSA) is 77.2 Å². The molecule has 0 saturated heterocycles. The average Bonchev–Trinajstić information content (AvgIpc) is 2.52. The van der Waals surface area contributed by atoms with E-state index in [1.54, 1.807) is 30.5 Å². The Morgan fingerprint density at radius 2 is 2.05 bits per heavy atom. The van der Waals surface area contributed by atoms with Gasteiger partial charge in [-0.3, -0.25) is 4.79 Å². The molecule has 3 N–H and O–H groups in total. The maximum absolute atomic E-state index is 11.0. The highest BCUT2D eigenvalue weighted by Crippen LogP contribution is 2.15. The molecule has 0 atom stereocenters. The number of pyridine rings is 1. The van der Waals surface area contributed by atoms with Crippen LogP contribution in [0.25, 0.3) is 0 Å². The third-order valence-electron chi connectivity index (χ3n) is 2.92. The summed E-state index contributed by atoms with van der Waals surface area (Å²) in [5.41, 5.74) is 6.69. The molecule has 5 nitrogen and oxygen atoms in total. The number of hydrogen-bond donors (Lipinski definition) is 2. The van der Waals surface area contributed by atoms with E-state index < -0.39 is 5.91 Å². The van der Waals surface area contributed by atoms with E-state index in [0.29, 0.717) is 17.9 Å². The van der Waals surface area contributed by atoms with E-state index in [-0.39, 0.29) is 0 Å². The number of primary amides is 1. The first-order valence-corrected chi connectivity index (χ1v) is 6.90.